The molecule has 6 nitrogen and oxygen atoms in total. The number of ether oxygens (including phenoxy) is 1. The minimum absolute atomic E-state index is 0.107. The third-order valence-corrected chi connectivity index (χ3v) is 5.15. The van der Waals surface area contributed by atoms with Crippen LogP contribution in [0.15, 0.2) is 35.8 Å². The molecule has 1 aliphatic heterocycles. The summed E-state index contributed by atoms with van der Waals surface area (Å²) in [5.74, 6) is -0.202. The lowest BCUT2D eigenvalue weighted by Gasteiger charge is -2.19. The quantitative estimate of drug-likeness (QED) is 0.803. The van der Waals surface area contributed by atoms with E-state index in [1.54, 1.807) is 29.7 Å². The average Bonchev–Trinajstić information content (AvgIpc) is 3.33. The molecule has 0 aromatic carbocycles. The van der Waals surface area contributed by atoms with Crippen molar-refractivity contribution >= 4 is 29.0 Å². The molecule has 2 aromatic heterocycles. The molecule has 1 saturated heterocycles. The second kappa shape index (κ2) is 8.11. The van der Waals surface area contributed by atoms with Crippen LogP contribution < -0.4 is 10.2 Å². The molecule has 25 heavy (non-hydrogen) atoms. The zero-order valence-corrected chi connectivity index (χ0v) is 14.9. The number of nitrogens with one attached hydrogen (secondary N) is 1. The van der Waals surface area contributed by atoms with E-state index in [4.69, 9.17) is 4.74 Å². The summed E-state index contributed by atoms with van der Waals surface area (Å²) in [6.45, 7) is 3.37. The van der Waals surface area contributed by atoms with Crippen molar-refractivity contribution in [1.82, 2.24) is 10.3 Å². The molecular weight excluding hydrogens is 338 g/mol. The van der Waals surface area contributed by atoms with E-state index in [1.807, 2.05) is 24.4 Å². The molecule has 0 bridgehead atoms. The van der Waals surface area contributed by atoms with Crippen LogP contribution in [-0.2, 0) is 9.53 Å². The molecule has 1 atom stereocenters. The Morgan fingerprint density at radius 1 is 1.32 bits per heavy atom. The van der Waals surface area contributed by atoms with Crippen LogP contribution in [0.4, 0.5) is 5.82 Å². The van der Waals surface area contributed by atoms with Crippen molar-refractivity contribution in [3.8, 4) is 0 Å². The molecule has 7 heteroatoms. The molecule has 3 rings (SSSR count). The maximum atomic E-state index is 12.4. The lowest BCUT2D eigenvalue weighted by molar-refractivity contribution is -0.124. The van der Waals surface area contributed by atoms with Gasteiger partial charge in [0, 0.05) is 24.2 Å². The van der Waals surface area contributed by atoms with Gasteiger partial charge in [0.2, 0.25) is 0 Å². The smallest absolute Gasteiger partial charge is 0.342 e. The number of esters is 1. The van der Waals surface area contributed by atoms with Crippen molar-refractivity contribution in [2.75, 3.05) is 24.6 Å². The summed E-state index contributed by atoms with van der Waals surface area (Å²) in [7, 11) is 0. The minimum atomic E-state index is -0.520. The largest absolute Gasteiger partial charge is 0.452 e. The zero-order valence-electron chi connectivity index (χ0n) is 14.1. The standard InChI is InChI=1S/C18H21N3O3S/c1-13(15-7-5-11-25-15)20-16(22)12-24-18(23)14-6-4-8-19-17(14)21-9-2-3-10-21/h4-8,11,13H,2-3,9-10,12H2,1H3,(H,20,22)/t13-/m0/s1. The van der Waals surface area contributed by atoms with E-state index in [2.05, 4.69) is 15.2 Å². The Bertz CT molecular complexity index is 727. The van der Waals surface area contributed by atoms with Gasteiger partial charge in [0.1, 0.15) is 11.4 Å². The number of aromatic nitrogens is 1. The minimum Gasteiger partial charge on any atom is -0.452 e. The van der Waals surface area contributed by atoms with E-state index >= 15 is 0 Å². The number of carbonyl (C=O) groups excluding carboxylic acids is 2. The molecule has 1 fully saturated rings. The number of nitrogens with zero attached hydrogens (tertiary/aromatic N) is 2. The summed E-state index contributed by atoms with van der Waals surface area (Å²) in [4.78, 5) is 31.8. The van der Waals surface area contributed by atoms with Gasteiger partial charge in [-0.3, -0.25) is 4.79 Å². The molecule has 1 amide bonds. The van der Waals surface area contributed by atoms with E-state index in [1.165, 1.54) is 0 Å². The van der Waals surface area contributed by atoms with Crippen LogP contribution in [-0.4, -0.2) is 36.6 Å². The molecule has 0 spiro atoms. The summed E-state index contributed by atoms with van der Waals surface area (Å²) in [5.41, 5.74) is 0.406. The van der Waals surface area contributed by atoms with E-state index in [0.717, 1.165) is 30.8 Å². The lowest BCUT2D eigenvalue weighted by atomic mass is 10.2. The van der Waals surface area contributed by atoms with Gasteiger partial charge in [-0.05, 0) is 43.3 Å². The van der Waals surface area contributed by atoms with E-state index in [0.29, 0.717) is 11.4 Å². The van der Waals surface area contributed by atoms with Gasteiger partial charge in [0.25, 0.3) is 5.91 Å². The van der Waals surface area contributed by atoms with Crippen molar-refractivity contribution in [2.24, 2.45) is 0 Å². The Morgan fingerprint density at radius 3 is 2.84 bits per heavy atom. The van der Waals surface area contributed by atoms with Crippen molar-refractivity contribution in [1.29, 1.82) is 0 Å². The molecule has 0 radical (unpaired) electrons. The number of amides is 1. The zero-order chi connectivity index (χ0) is 17.6. The van der Waals surface area contributed by atoms with Gasteiger partial charge in [-0.15, -0.1) is 11.3 Å². The van der Waals surface area contributed by atoms with Gasteiger partial charge in [-0.25, -0.2) is 9.78 Å². The number of thiophene rings is 1. The molecule has 2 aromatic rings. The predicted octanol–water partition coefficient (Wildman–Crippen LogP) is 2.78. The van der Waals surface area contributed by atoms with Gasteiger partial charge in [0.05, 0.1) is 6.04 Å². The maximum Gasteiger partial charge on any atom is 0.342 e. The number of hydrogen-bond acceptors (Lipinski definition) is 6. The fraction of sp³-hybridized carbons (Fsp3) is 0.389. The highest BCUT2D eigenvalue weighted by atomic mass is 32.1. The molecule has 132 valence electrons. The first-order valence-electron chi connectivity index (χ1n) is 8.35. The van der Waals surface area contributed by atoms with Gasteiger partial charge in [0.15, 0.2) is 6.61 Å². The van der Waals surface area contributed by atoms with Gasteiger partial charge in [-0.1, -0.05) is 6.07 Å². The number of rotatable bonds is 6. The molecule has 3 heterocycles. The highest BCUT2D eigenvalue weighted by Crippen LogP contribution is 2.22. The maximum absolute atomic E-state index is 12.4. The van der Waals surface area contributed by atoms with Crippen LogP contribution in [0.3, 0.4) is 0 Å². The lowest BCUT2D eigenvalue weighted by Crippen LogP contribution is -2.31. The van der Waals surface area contributed by atoms with Crippen LogP contribution >= 0.6 is 11.3 Å². The monoisotopic (exact) mass is 359 g/mol. The first kappa shape index (κ1) is 17.4. The van der Waals surface area contributed by atoms with Crippen LogP contribution in [0, 0.1) is 0 Å². The molecular formula is C18H21N3O3S. The summed E-state index contributed by atoms with van der Waals surface area (Å²) < 4.78 is 5.19. The Hall–Kier alpha value is -2.41. The van der Waals surface area contributed by atoms with Crippen LogP contribution in [0.25, 0.3) is 0 Å². The van der Waals surface area contributed by atoms with Gasteiger partial charge >= 0.3 is 5.97 Å². The van der Waals surface area contributed by atoms with Crippen molar-refractivity contribution < 1.29 is 14.3 Å². The normalized spacial score (nSPS) is 15.0. The third kappa shape index (κ3) is 4.36. The fourth-order valence-corrected chi connectivity index (χ4v) is 3.57. The summed E-state index contributed by atoms with van der Waals surface area (Å²) in [6, 6.07) is 7.18. The Balaban J connectivity index is 1.56. The number of anilines is 1. The topological polar surface area (TPSA) is 71.5 Å². The van der Waals surface area contributed by atoms with Crippen LogP contribution in [0.5, 0.6) is 0 Å². The fourth-order valence-electron chi connectivity index (χ4n) is 2.84. The highest BCUT2D eigenvalue weighted by molar-refractivity contribution is 7.10. The summed E-state index contributed by atoms with van der Waals surface area (Å²) >= 11 is 1.57. The number of hydrogen-bond donors (Lipinski definition) is 1. The van der Waals surface area contributed by atoms with Crippen molar-refractivity contribution in [3.05, 3.63) is 46.3 Å². The second-order valence-electron chi connectivity index (χ2n) is 5.95. The molecule has 0 saturated carbocycles. The van der Waals surface area contributed by atoms with Gasteiger partial charge in [-0.2, -0.15) is 0 Å². The van der Waals surface area contributed by atoms with Crippen LogP contribution in [0.1, 0.15) is 41.0 Å². The second-order valence-corrected chi connectivity index (χ2v) is 6.93. The molecule has 0 unspecified atom stereocenters. The SMILES string of the molecule is C[C@H](NC(=O)COC(=O)c1cccnc1N1CCCC1)c1cccs1. The first-order valence-corrected chi connectivity index (χ1v) is 9.23. The Morgan fingerprint density at radius 2 is 2.12 bits per heavy atom. The number of carbonyl (C=O) groups is 2. The van der Waals surface area contributed by atoms with E-state index in [9.17, 15) is 9.59 Å². The van der Waals surface area contributed by atoms with Gasteiger partial charge < -0.3 is 15.0 Å². The third-order valence-electron chi connectivity index (χ3n) is 4.09. The highest BCUT2D eigenvalue weighted by Gasteiger charge is 2.22. The number of pyridine rings is 1. The van der Waals surface area contributed by atoms with Crippen molar-refractivity contribution in [3.63, 3.8) is 0 Å². The van der Waals surface area contributed by atoms with Crippen LogP contribution in [0.2, 0.25) is 0 Å². The van der Waals surface area contributed by atoms with Crippen molar-refractivity contribution in [2.45, 2.75) is 25.8 Å². The average molecular weight is 359 g/mol. The van der Waals surface area contributed by atoms with E-state index in [-0.39, 0.29) is 18.6 Å². The molecule has 1 aliphatic rings. The molecule has 0 aliphatic carbocycles. The molecule has 1 N–H and O–H groups in total. The Labute approximate surface area is 150 Å². The van der Waals surface area contributed by atoms with E-state index < -0.39 is 5.97 Å². The summed E-state index contributed by atoms with van der Waals surface area (Å²) in [6.07, 6.45) is 3.85. The predicted molar refractivity (Wildman–Crippen MR) is 96.8 cm³/mol. The first-order chi connectivity index (χ1) is 12.1. The Kier molecular flexibility index (Phi) is 5.65. The summed E-state index contributed by atoms with van der Waals surface area (Å²) in [5, 5.41) is 4.79.